The largest absolute Gasteiger partial charge is 0.504 e. The molecule has 8 nitrogen and oxygen atoms in total. The van der Waals surface area contributed by atoms with Crippen LogP contribution in [0.5, 0.6) is 23.0 Å². The summed E-state index contributed by atoms with van der Waals surface area (Å²) in [5, 5.41) is 21.5. The smallest absolute Gasteiger partial charge is 0.216 e. The van der Waals surface area contributed by atoms with E-state index in [0.717, 1.165) is 5.56 Å². The summed E-state index contributed by atoms with van der Waals surface area (Å²) in [6.45, 7) is 0. The first-order valence-corrected chi connectivity index (χ1v) is 8.30. The van der Waals surface area contributed by atoms with Gasteiger partial charge in [0.05, 0.1) is 27.5 Å². The highest BCUT2D eigenvalue weighted by molar-refractivity contribution is 7.71. The van der Waals surface area contributed by atoms with E-state index in [1.165, 1.54) is 18.0 Å². The van der Waals surface area contributed by atoms with Gasteiger partial charge in [0, 0.05) is 11.1 Å². The van der Waals surface area contributed by atoms with Gasteiger partial charge in [-0.3, -0.25) is 0 Å². The van der Waals surface area contributed by atoms with E-state index in [2.05, 4.69) is 15.3 Å². The molecule has 1 aromatic heterocycles. The second-order valence-corrected chi connectivity index (χ2v) is 5.76. The molecule has 27 heavy (non-hydrogen) atoms. The highest BCUT2D eigenvalue weighted by atomic mass is 32.1. The van der Waals surface area contributed by atoms with E-state index in [-0.39, 0.29) is 5.75 Å². The van der Waals surface area contributed by atoms with E-state index in [9.17, 15) is 5.11 Å². The Morgan fingerprint density at radius 2 is 1.81 bits per heavy atom. The second-order valence-electron chi connectivity index (χ2n) is 5.38. The SMILES string of the molecule is COc1ccc(-c2n[nH]c(=S)n2/N=C\c2cccc(OC)c2O)cc1OC. The van der Waals surface area contributed by atoms with E-state index >= 15 is 0 Å². The van der Waals surface area contributed by atoms with Crippen LogP contribution in [0.1, 0.15) is 5.56 Å². The number of aromatic amines is 1. The minimum Gasteiger partial charge on any atom is -0.504 e. The van der Waals surface area contributed by atoms with Gasteiger partial charge in [-0.1, -0.05) is 6.07 Å². The van der Waals surface area contributed by atoms with Crippen molar-refractivity contribution in [1.82, 2.24) is 14.9 Å². The molecule has 0 bridgehead atoms. The minimum absolute atomic E-state index is 0.00794. The monoisotopic (exact) mass is 386 g/mol. The van der Waals surface area contributed by atoms with Gasteiger partial charge in [-0.25, -0.2) is 5.10 Å². The van der Waals surface area contributed by atoms with Crippen molar-refractivity contribution in [3.63, 3.8) is 0 Å². The predicted molar refractivity (Wildman–Crippen MR) is 104 cm³/mol. The lowest BCUT2D eigenvalue weighted by Crippen LogP contribution is -1.97. The Hall–Kier alpha value is -3.33. The number of hydrogen-bond acceptors (Lipinski definition) is 7. The molecule has 0 saturated carbocycles. The summed E-state index contributed by atoms with van der Waals surface area (Å²) in [4.78, 5) is 0. The average Bonchev–Trinajstić information content (AvgIpc) is 3.07. The van der Waals surface area contributed by atoms with Gasteiger partial charge in [-0.15, -0.1) is 0 Å². The molecule has 2 aromatic carbocycles. The molecule has 0 saturated heterocycles. The minimum atomic E-state index is -0.00794. The van der Waals surface area contributed by atoms with Gasteiger partial charge in [-0.05, 0) is 42.5 Å². The maximum Gasteiger partial charge on any atom is 0.216 e. The number of rotatable bonds is 6. The zero-order valence-electron chi connectivity index (χ0n) is 15.0. The number of nitrogens with zero attached hydrogens (tertiary/aromatic N) is 3. The molecule has 2 N–H and O–H groups in total. The Labute approximate surface area is 160 Å². The number of aromatic nitrogens is 3. The number of methoxy groups -OCH3 is 3. The van der Waals surface area contributed by atoms with E-state index in [1.807, 2.05) is 6.07 Å². The Bertz CT molecular complexity index is 1040. The van der Waals surface area contributed by atoms with Crippen molar-refractivity contribution < 1.29 is 19.3 Å². The van der Waals surface area contributed by atoms with Crippen molar-refractivity contribution >= 4 is 18.4 Å². The van der Waals surface area contributed by atoms with E-state index in [4.69, 9.17) is 26.4 Å². The standard InChI is InChI=1S/C18H18N4O4S/c1-24-13-8-7-11(9-15(13)26-3)17-20-21-18(27)22(17)19-10-12-5-4-6-14(25-2)16(12)23/h4-10,23H,1-3H3,(H,21,27)/b19-10-. The summed E-state index contributed by atoms with van der Waals surface area (Å²) < 4.78 is 17.4. The van der Waals surface area contributed by atoms with Crippen LogP contribution in [0, 0.1) is 4.77 Å². The predicted octanol–water partition coefficient (Wildman–Crippen LogP) is 3.22. The van der Waals surface area contributed by atoms with Gasteiger partial charge in [0.1, 0.15) is 0 Å². The Morgan fingerprint density at radius 3 is 2.52 bits per heavy atom. The molecule has 0 spiro atoms. The summed E-state index contributed by atoms with van der Waals surface area (Å²) in [6, 6.07) is 10.5. The number of phenolic OH excluding ortho intramolecular Hbond substituents is 1. The van der Waals surface area contributed by atoms with Crippen LogP contribution in [0.25, 0.3) is 11.4 Å². The molecule has 0 fully saturated rings. The number of hydrogen-bond donors (Lipinski definition) is 2. The van der Waals surface area contributed by atoms with Crippen LogP contribution in [-0.4, -0.2) is 47.5 Å². The molecule has 0 aliphatic carbocycles. The molecule has 0 aliphatic heterocycles. The fourth-order valence-corrected chi connectivity index (χ4v) is 2.67. The highest BCUT2D eigenvalue weighted by Gasteiger charge is 2.12. The van der Waals surface area contributed by atoms with Crippen molar-refractivity contribution in [1.29, 1.82) is 0 Å². The lowest BCUT2D eigenvalue weighted by atomic mass is 10.2. The molecule has 140 valence electrons. The summed E-state index contributed by atoms with van der Waals surface area (Å²) >= 11 is 5.27. The van der Waals surface area contributed by atoms with E-state index in [1.54, 1.807) is 44.6 Å². The zero-order chi connectivity index (χ0) is 19.4. The molecular weight excluding hydrogens is 368 g/mol. The maximum atomic E-state index is 10.2. The molecule has 0 radical (unpaired) electrons. The Balaban J connectivity index is 2.02. The Morgan fingerprint density at radius 1 is 1.07 bits per heavy atom. The third-order valence-electron chi connectivity index (χ3n) is 3.85. The van der Waals surface area contributed by atoms with E-state index in [0.29, 0.717) is 33.4 Å². The lowest BCUT2D eigenvalue weighted by molar-refractivity contribution is 0.355. The van der Waals surface area contributed by atoms with Crippen molar-refractivity contribution in [2.45, 2.75) is 0 Å². The first kappa shape index (κ1) is 18.5. The molecule has 0 aliphatic rings. The van der Waals surface area contributed by atoms with Crippen LogP contribution in [0.4, 0.5) is 0 Å². The molecule has 1 heterocycles. The summed E-state index contributed by atoms with van der Waals surface area (Å²) in [5.41, 5.74) is 1.21. The van der Waals surface area contributed by atoms with Gasteiger partial charge in [0.15, 0.2) is 28.8 Å². The Kier molecular flexibility index (Phi) is 5.41. The number of H-pyrrole nitrogens is 1. The fourth-order valence-electron chi connectivity index (χ4n) is 2.49. The maximum absolute atomic E-state index is 10.2. The third-order valence-corrected chi connectivity index (χ3v) is 4.12. The molecule has 3 aromatic rings. The number of nitrogens with one attached hydrogen (secondary N) is 1. The number of para-hydroxylation sites is 1. The molecule has 3 rings (SSSR count). The molecule has 9 heteroatoms. The average molecular weight is 386 g/mol. The second kappa shape index (κ2) is 7.92. The van der Waals surface area contributed by atoms with Crippen LogP contribution < -0.4 is 14.2 Å². The topological polar surface area (TPSA) is 93.9 Å². The number of phenols is 1. The van der Waals surface area contributed by atoms with Crippen molar-refractivity contribution in [2.75, 3.05) is 21.3 Å². The van der Waals surface area contributed by atoms with Crippen molar-refractivity contribution in [3.05, 3.63) is 46.7 Å². The van der Waals surface area contributed by atoms with Crippen molar-refractivity contribution in [3.8, 4) is 34.4 Å². The first-order valence-electron chi connectivity index (χ1n) is 7.89. The fraction of sp³-hybridized carbons (Fsp3) is 0.167. The molecule has 0 amide bonds. The van der Waals surface area contributed by atoms with Crippen molar-refractivity contribution in [2.24, 2.45) is 5.10 Å². The van der Waals surface area contributed by atoms with Crippen LogP contribution in [0.2, 0.25) is 0 Å². The van der Waals surface area contributed by atoms with Crippen LogP contribution in [0.3, 0.4) is 0 Å². The van der Waals surface area contributed by atoms with Crippen LogP contribution >= 0.6 is 12.2 Å². The summed E-state index contributed by atoms with van der Waals surface area (Å²) in [7, 11) is 4.61. The quantitative estimate of drug-likeness (QED) is 0.499. The van der Waals surface area contributed by atoms with E-state index < -0.39 is 0 Å². The number of ether oxygens (including phenoxy) is 3. The summed E-state index contributed by atoms with van der Waals surface area (Å²) in [5.74, 6) is 2.00. The molecule has 0 atom stereocenters. The van der Waals surface area contributed by atoms with Gasteiger partial charge in [0.25, 0.3) is 0 Å². The zero-order valence-corrected chi connectivity index (χ0v) is 15.8. The van der Waals surface area contributed by atoms with Crippen LogP contribution in [0.15, 0.2) is 41.5 Å². The third kappa shape index (κ3) is 3.63. The highest BCUT2D eigenvalue weighted by Crippen LogP contribution is 2.32. The van der Waals surface area contributed by atoms with Gasteiger partial charge < -0.3 is 19.3 Å². The van der Waals surface area contributed by atoms with Gasteiger partial charge >= 0.3 is 0 Å². The van der Waals surface area contributed by atoms with Crippen LogP contribution in [-0.2, 0) is 0 Å². The normalized spacial score (nSPS) is 10.9. The summed E-state index contributed by atoms with van der Waals surface area (Å²) in [6.07, 6.45) is 1.48. The van der Waals surface area contributed by atoms with Gasteiger partial charge in [0.2, 0.25) is 4.77 Å². The first-order chi connectivity index (χ1) is 13.1. The van der Waals surface area contributed by atoms with Gasteiger partial charge in [-0.2, -0.15) is 14.9 Å². The lowest BCUT2D eigenvalue weighted by Gasteiger charge is -2.09. The molecular formula is C18H18N4O4S. The molecule has 0 unspecified atom stereocenters. The number of aromatic hydroxyl groups is 1. The number of benzene rings is 2.